The van der Waals surface area contributed by atoms with Crippen LogP contribution in [0.15, 0.2) is 92.6 Å². The largest absolute Gasteiger partial charge is 0.434 e. The maximum atomic E-state index is 13.0. The van der Waals surface area contributed by atoms with Crippen LogP contribution >= 0.6 is 11.8 Å². The van der Waals surface area contributed by atoms with Crippen LogP contribution in [0.1, 0.15) is 43.8 Å². The van der Waals surface area contributed by atoms with Crippen molar-refractivity contribution in [1.29, 1.82) is 0 Å². The standard InChI is InChI=1S/C17H17F3N6O2S.C17H17F3N6OS.C17H17F3N6S.CH4/c1-29(27,28)10-11-3-5-25(8-11)14-2-4-21-16(24-14)12-6-23-15-7-22-13(9-26(12)15)17(18,19)20;1-28(27)10-11-3-5-25(8-11)14-2-4-21-16(24-14)12-6-23-15-7-22-13(9-26(12)15)17(18,19)20;1-27-10-11-3-5-25(8-11)14-2-4-21-16(24-14)12-6-23-15-7-22-13(9-26(12)15)17(18,19)20;/h2,4,6-7,9,11H,3,5,8,10H2,1H3;2,4,6-7,9,11H,3,5,8,10H2,1H3;2,4,6-7,9,11H,3,5,8,10H2,1H3;1H4. The summed E-state index contributed by atoms with van der Waals surface area (Å²) in [6, 6.07) is 5.29. The van der Waals surface area contributed by atoms with Crippen LogP contribution in [0, 0.1) is 17.8 Å². The van der Waals surface area contributed by atoms with Crippen molar-refractivity contribution in [2.75, 3.05) is 90.0 Å². The minimum atomic E-state index is -4.58. The monoisotopic (exact) mass is 1250 g/mol. The molecule has 9 aromatic heterocycles. The predicted molar refractivity (Wildman–Crippen MR) is 302 cm³/mol. The normalized spacial score (nSPS) is 17.9. The molecular formula is C52H55F9N18O3S3. The van der Waals surface area contributed by atoms with Crippen LogP contribution in [0.5, 0.6) is 0 Å². The van der Waals surface area contributed by atoms with Gasteiger partial charge in [0.2, 0.25) is 0 Å². The summed E-state index contributed by atoms with van der Waals surface area (Å²) >= 11 is 1.83. The molecule has 0 spiro atoms. The second-order valence-electron chi connectivity index (χ2n) is 20.2. The molecule has 12 heterocycles. The molecule has 3 saturated heterocycles. The molecule has 452 valence electrons. The number of nitrogens with zero attached hydrogens (tertiary/aromatic N) is 18. The molecule has 9 aromatic rings. The summed E-state index contributed by atoms with van der Waals surface area (Å²) in [5, 5.41) is 0. The quantitative estimate of drug-likeness (QED) is 0.104. The van der Waals surface area contributed by atoms with Gasteiger partial charge in [0.05, 0.1) is 42.9 Å². The van der Waals surface area contributed by atoms with E-state index in [0.717, 1.165) is 94.2 Å². The number of hydrogen-bond acceptors (Lipinski definition) is 19. The Kier molecular flexibility index (Phi) is 18.3. The highest BCUT2D eigenvalue weighted by molar-refractivity contribution is 7.98. The first-order chi connectivity index (χ1) is 39.9. The third-order valence-corrected chi connectivity index (χ3v) is 16.7. The van der Waals surface area contributed by atoms with Crippen molar-refractivity contribution in [3.63, 3.8) is 0 Å². The zero-order chi connectivity index (χ0) is 59.7. The second-order valence-corrected chi connectivity index (χ2v) is 24.8. The lowest BCUT2D eigenvalue weighted by Gasteiger charge is -2.17. The summed E-state index contributed by atoms with van der Waals surface area (Å²) in [5.74, 6) is 5.74. The third-order valence-electron chi connectivity index (χ3n) is 13.9. The lowest BCUT2D eigenvalue weighted by molar-refractivity contribution is -0.142. The summed E-state index contributed by atoms with van der Waals surface area (Å²) in [4.78, 5) is 55.0. The van der Waals surface area contributed by atoms with Gasteiger partial charge >= 0.3 is 18.5 Å². The predicted octanol–water partition coefficient (Wildman–Crippen LogP) is 8.52. The average molecular weight is 1250 g/mol. The highest BCUT2D eigenvalue weighted by atomic mass is 32.2. The Morgan fingerprint density at radius 2 is 0.871 bits per heavy atom. The molecule has 0 N–H and O–H groups in total. The van der Waals surface area contributed by atoms with Gasteiger partial charge in [-0.25, -0.2) is 68.2 Å². The fraction of sp³-hybridized carbons (Fsp3) is 0.423. The number of alkyl halides is 9. The van der Waals surface area contributed by atoms with Crippen molar-refractivity contribution in [2.24, 2.45) is 17.8 Å². The van der Waals surface area contributed by atoms with Crippen molar-refractivity contribution in [2.45, 2.75) is 45.2 Å². The maximum absolute atomic E-state index is 13.0. The Hall–Kier alpha value is -7.68. The molecule has 0 aliphatic carbocycles. The lowest BCUT2D eigenvalue weighted by atomic mass is 10.2. The Balaban J connectivity index is 0.000000152. The molecule has 0 aromatic carbocycles. The highest BCUT2D eigenvalue weighted by Gasteiger charge is 2.36. The van der Waals surface area contributed by atoms with Gasteiger partial charge < -0.3 is 14.7 Å². The molecule has 0 bridgehead atoms. The fourth-order valence-electron chi connectivity index (χ4n) is 10.1. The zero-order valence-corrected chi connectivity index (χ0v) is 47.2. The minimum absolute atomic E-state index is 0. The number of fused-ring (bicyclic) bond motifs is 3. The number of sulfone groups is 1. The van der Waals surface area contributed by atoms with Crippen molar-refractivity contribution in [3.05, 3.63) is 110 Å². The number of anilines is 3. The summed E-state index contributed by atoms with van der Waals surface area (Å²) < 4.78 is 155. The van der Waals surface area contributed by atoms with Crippen molar-refractivity contribution >= 4 is 66.8 Å². The smallest absolute Gasteiger partial charge is 0.356 e. The molecule has 0 radical (unpaired) electrons. The molecule has 4 atom stereocenters. The maximum Gasteiger partial charge on any atom is 0.434 e. The molecule has 85 heavy (non-hydrogen) atoms. The van der Waals surface area contributed by atoms with E-state index < -0.39 is 56.2 Å². The zero-order valence-electron chi connectivity index (χ0n) is 44.8. The molecule has 33 heteroatoms. The summed E-state index contributed by atoms with van der Waals surface area (Å²) in [7, 11) is -3.92. The van der Waals surface area contributed by atoms with Crippen LogP contribution < -0.4 is 14.7 Å². The van der Waals surface area contributed by atoms with Crippen LogP contribution in [-0.2, 0) is 39.2 Å². The van der Waals surface area contributed by atoms with Gasteiger partial charge in [0, 0.05) is 106 Å². The van der Waals surface area contributed by atoms with E-state index in [2.05, 4.69) is 75.9 Å². The highest BCUT2D eigenvalue weighted by Crippen LogP contribution is 2.34. The van der Waals surface area contributed by atoms with Gasteiger partial charge in [-0.05, 0) is 67.2 Å². The van der Waals surface area contributed by atoms with E-state index in [1.165, 1.54) is 44.2 Å². The van der Waals surface area contributed by atoms with Gasteiger partial charge in [-0.3, -0.25) is 17.4 Å². The molecule has 21 nitrogen and oxygen atoms in total. The molecule has 0 amide bonds. The molecule has 12 rings (SSSR count). The first kappa shape index (κ1) is 61.9. The van der Waals surface area contributed by atoms with Crippen LogP contribution in [0.25, 0.3) is 51.5 Å². The van der Waals surface area contributed by atoms with Gasteiger partial charge in [0.25, 0.3) is 0 Å². The molecule has 3 aliphatic rings. The Bertz CT molecular complexity index is 3960. The van der Waals surface area contributed by atoms with Crippen molar-refractivity contribution in [3.8, 4) is 34.6 Å². The van der Waals surface area contributed by atoms with Gasteiger partial charge in [-0.2, -0.15) is 51.3 Å². The van der Waals surface area contributed by atoms with E-state index in [-0.39, 0.29) is 42.0 Å². The van der Waals surface area contributed by atoms with Crippen LogP contribution in [0.2, 0.25) is 0 Å². The second kappa shape index (κ2) is 25.1. The average Bonchev–Trinajstić information content (AvgIpc) is 3.88. The van der Waals surface area contributed by atoms with Crippen LogP contribution in [0.4, 0.5) is 57.0 Å². The SMILES string of the molecule is C.CS(=O)(=O)CC1CCN(c2ccnc(-c3cnc4cnc(C(F)(F)F)cn34)n2)C1.CS(=O)CC1CCN(c2ccnc(-c3cnc4cnc(C(F)(F)F)cn34)n2)C1.CSCC1CCN(c2ccnc(-c3cnc4cnc(C(F)(F)F)cn34)n2)C1. The first-order valence-corrected chi connectivity index (χ1v) is 31.0. The van der Waals surface area contributed by atoms with Crippen LogP contribution in [0.3, 0.4) is 0 Å². The Morgan fingerprint density at radius 1 is 0.529 bits per heavy atom. The third kappa shape index (κ3) is 14.7. The number of imidazole rings is 3. The number of hydrogen-bond donors (Lipinski definition) is 0. The molecule has 4 unspecified atom stereocenters. The van der Waals surface area contributed by atoms with E-state index in [0.29, 0.717) is 70.9 Å². The summed E-state index contributed by atoms with van der Waals surface area (Å²) in [5.41, 5.74) is -1.12. The van der Waals surface area contributed by atoms with Gasteiger partial charge in [0.1, 0.15) is 44.4 Å². The summed E-state index contributed by atoms with van der Waals surface area (Å²) in [6.07, 6.45) is 9.05. The van der Waals surface area contributed by atoms with E-state index in [9.17, 15) is 52.1 Å². The summed E-state index contributed by atoms with van der Waals surface area (Å²) in [6.45, 7) is 4.55. The number of aromatic nitrogens is 15. The minimum Gasteiger partial charge on any atom is -0.356 e. The van der Waals surface area contributed by atoms with Gasteiger partial charge in [0.15, 0.2) is 51.5 Å². The fourth-order valence-corrected chi connectivity index (χ4v) is 12.9. The number of thioether (sulfide) groups is 1. The lowest BCUT2D eigenvalue weighted by Crippen LogP contribution is -2.23. The number of rotatable bonds is 12. The van der Waals surface area contributed by atoms with E-state index in [1.54, 1.807) is 30.8 Å². The van der Waals surface area contributed by atoms with Gasteiger partial charge in [-0.15, -0.1) is 0 Å². The molecule has 0 saturated carbocycles. The van der Waals surface area contributed by atoms with Crippen molar-refractivity contribution in [1.82, 2.24) is 73.0 Å². The van der Waals surface area contributed by atoms with Crippen LogP contribution in [-0.4, -0.2) is 161 Å². The van der Waals surface area contributed by atoms with E-state index >= 15 is 0 Å². The van der Waals surface area contributed by atoms with Gasteiger partial charge in [-0.1, -0.05) is 7.43 Å². The molecule has 3 fully saturated rings. The molecular weight excluding hydrogens is 1190 g/mol. The molecule has 3 aliphatic heterocycles. The first-order valence-electron chi connectivity index (χ1n) is 25.8. The van der Waals surface area contributed by atoms with E-state index in [4.69, 9.17) is 0 Å². The topological polar surface area (TPSA) is 229 Å². The number of halogens is 9. The van der Waals surface area contributed by atoms with E-state index in [1.807, 2.05) is 22.7 Å². The Labute approximate surface area is 487 Å². The Morgan fingerprint density at radius 3 is 1.21 bits per heavy atom. The van der Waals surface area contributed by atoms with Crippen molar-refractivity contribution < 1.29 is 52.1 Å².